The van der Waals surface area contributed by atoms with Gasteiger partial charge in [0, 0.05) is 6.54 Å². The van der Waals surface area contributed by atoms with Crippen LogP contribution in [-0.4, -0.2) is 23.1 Å². The maximum absolute atomic E-state index is 11.6. The lowest BCUT2D eigenvalue weighted by Gasteiger charge is -2.39. The molecule has 0 saturated heterocycles. The van der Waals surface area contributed by atoms with E-state index in [1.807, 2.05) is 6.92 Å². The first kappa shape index (κ1) is 13.2. The van der Waals surface area contributed by atoms with Crippen molar-refractivity contribution >= 4 is 23.2 Å². The predicted octanol–water partition coefficient (Wildman–Crippen LogP) is 1.54. The molecule has 4 nitrogen and oxygen atoms in total. The van der Waals surface area contributed by atoms with Gasteiger partial charge >= 0.3 is 6.03 Å². The van der Waals surface area contributed by atoms with Crippen molar-refractivity contribution in [2.24, 2.45) is 11.7 Å². The van der Waals surface area contributed by atoms with Crippen molar-refractivity contribution < 1.29 is 4.79 Å². The highest BCUT2D eigenvalue weighted by Gasteiger charge is 2.38. The number of thiocarbonyl (C=S) groups is 1. The predicted molar refractivity (Wildman–Crippen MR) is 69.4 cm³/mol. The lowest BCUT2D eigenvalue weighted by molar-refractivity contribution is 0.217. The molecule has 0 bridgehead atoms. The molecular weight excluding hydrogens is 222 g/mol. The molecule has 2 amide bonds. The van der Waals surface area contributed by atoms with Crippen LogP contribution in [0.3, 0.4) is 0 Å². The van der Waals surface area contributed by atoms with Crippen molar-refractivity contribution in [2.75, 3.05) is 6.54 Å². The number of hydrogen-bond donors (Lipinski definition) is 3. The van der Waals surface area contributed by atoms with Gasteiger partial charge in [-0.1, -0.05) is 19.1 Å². The average Bonchev–Trinajstić information content (AvgIpc) is 2.22. The molecular formula is C11H21N3OS. The Bertz CT molecular complexity index is 272. The number of nitrogens with one attached hydrogen (secondary N) is 2. The molecule has 0 heterocycles. The molecule has 5 heteroatoms. The van der Waals surface area contributed by atoms with Crippen molar-refractivity contribution in [3.8, 4) is 0 Å². The zero-order chi connectivity index (χ0) is 12.2. The third kappa shape index (κ3) is 3.07. The molecule has 0 spiro atoms. The zero-order valence-electron chi connectivity index (χ0n) is 10.0. The zero-order valence-corrected chi connectivity index (χ0v) is 10.8. The van der Waals surface area contributed by atoms with Crippen LogP contribution in [-0.2, 0) is 0 Å². The van der Waals surface area contributed by atoms with Gasteiger partial charge in [-0.25, -0.2) is 4.79 Å². The quantitative estimate of drug-likeness (QED) is 0.659. The van der Waals surface area contributed by atoms with Gasteiger partial charge in [0.05, 0.1) is 10.5 Å². The summed E-state index contributed by atoms with van der Waals surface area (Å²) in [6, 6.07) is -0.176. The van der Waals surface area contributed by atoms with Gasteiger partial charge in [0.1, 0.15) is 0 Å². The molecule has 0 aromatic heterocycles. The second kappa shape index (κ2) is 5.48. The highest BCUT2D eigenvalue weighted by Crippen LogP contribution is 2.32. The van der Waals surface area contributed by atoms with Crippen LogP contribution in [0.25, 0.3) is 0 Å². The Kier molecular flexibility index (Phi) is 4.53. The monoisotopic (exact) mass is 243 g/mol. The topological polar surface area (TPSA) is 67.2 Å². The molecule has 0 aromatic carbocycles. The summed E-state index contributed by atoms with van der Waals surface area (Å²) in [5.74, 6) is 0.693. The smallest absolute Gasteiger partial charge is 0.315 e. The average molecular weight is 243 g/mol. The molecule has 92 valence electrons. The Labute approximate surface area is 102 Å². The van der Waals surface area contributed by atoms with Crippen LogP contribution in [0, 0.1) is 5.92 Å². The summed E-state index contributed by atoms with van der Waals surface area (Å²) >= 11 is 5.10. The molecule has 0 unspecified atom stereocenters. The van der Waals surface area contributed by atoms with E-state index in [9.17, 15) is 4.79 Å². The summed E-state index contributed by atoms with van der Waals surface area (Å²) in [6.45, 7) is 4.71. The van der Waals surface area contributed by atoms with Crippen molar-refractivity contribution in [2.45, 2.75) is 45.1 Å². The molecule has 1 aliphatic carbocycles. The van der Waals surface area contributed by atoms with E-state index in [4.69, 9.17) is 18.0 Å². The fourth-order valence-electron chi connectivity index (χ4n) is 2.11. The Morgan fingerprint density at radius 3 is 2.50 bits per heavy atom. The summed E-state index contributed by atoms with van der Waals surface area (Å²) < 4.78 is 0. The molecule has 4 N–H and O–H groups in total. The van der Waals surface area contributed by atoms with Crippen molar-refractivity contribution in [1.29, 1.82) is 0 Å². The Hall–Kier alpha value is -0.840. The molecule has 0 atom stereocenters. The lowest BCUT2D eigenvalue weighted by Crippen LogP contribution is -2.60. The third-order valence-corrected chi connectivity index (χ3v) is 3.68. The SMILES string of the molecule is CCNC(=O)NC1(C(N)=S)CCC(C)CC1. The van der Waals surface area contributed by atoms with Crippen molar-refractivity contribution in [1.82, 2.24) is 10.6 Å². The maximum Gasteiger partial charge on any atom is 0.315 e. The van der Waals surface area contributed by atoms with Crippen LogP contribution in [0.2, 0.25) is 0 Å². The molecule has 1 aliphatic rings. The van der Waals surface area contributed by atoms with Gasteiger partial charge in [-0.05, 0) is 38.5 Å². The number of nitrogens with two attached hydrogens (primary N) is 1. The highest BCUT2D eigenvalue weighted by atomic mass is 32.1. The maximum atomic E-state index is 11.6. The van der Waals surface area contributed by atoms with Crippen LogP contribution < -0.4 is 16.4 Å². The number of urea groups is 1. The normalized spacial score (nSPS) is 29.5. The van der Waals surface area contributed by atoms with E-state index in [0.29, 0.717) is 17.5 Å². The summed E-state index contributed by atoms with van der Waals surface area (Å²) in [5.41, 5.74) is 5.31. The van der Waals surface area contributed by atoms with E-state index in [-0.39, 0.29) is 6.03 Å². The summed E-state index contributed by atoms with van der Waals surface area (Å²) in [4.78, 5) is 12.0. The lowest BCUT2D eigenvalue weighted by atomic mass is 9.77. The number of carbonyl (C=O) groups is 1. The van der Waals surface area contributed by atoms with Gasteiger partial charge in [0.2, 0.25) is 0 Å². The van der Waals surface area contributed by atoms with E-state index in [1.54, 1.807) is 0 Å². The minimum atomic E-state index is -0.471. The summed E-state index contributed by atoms with van der Waals surface area (Å²) in [7, 11) is 0. The molecule has 1 rings (SSSR count). The second-order valence-corrected chi connectivity index (χ2v) is 5.05. The minimum absolute atomic E-state index is 0.176. The Morgan fingerprint density at radius 2 is 2.06 bits per heavy atom. The van der Waals surface area contributed by atoms with Crippen molar-refractivity contribution in [3.05, 3.63) is 0 Å². The largest absolute Gasteiger partial charge is 0.391 e. The van der Waals surface area contributed by atoms with E-state index in [2.05, 4.69) is 17.6 Å². The van der Waals surface area contributed by atoms with Crippen LogP contribution in [0.1, 0.15) is 39.5 Å². The molecule has 0 aromatic rings. The van der Waals surface area contributed by atoms with Gasteiger partial charge in [-0.3, -0.25) is 0 Å². The Balaban J connectivity index is 2.66. The number of rotatable bonds is 3. The molecule has 0 aliphatic heterocycles. The first-order chi connectivity index (χ1) is 7.50. The molecule has 0 radical (unpaired) electrons. The number of hydrogen-bond acceptors (Lipinski definition) is 2. The van der Waals surface area contributed by atoms with Crippen LogP contribution >= 0.6 is 12.2 Å². The molecule has 1 saturated carbocycles. The van der Waals surface area contributed by atoms with Crippen molar-refractivity contribution in [3.63, 3.8) is 0 Å². The summed E-state index contributed by atoms with van der Waals surface area (Å²) in [5, 5.41) is 5.66. The fraction of sp³-hybridized carbons (Fsp3) is 0.818. The van der Waals surface area contributed by atoms with E-state index in [1.165, 1.54) is 0 Å². The standard InChI is InChI=1S/C11H21N3OS/c1-3-13-10(15)14-11(9(12)16)6-4-8(2)5-7-11/h8H,3-7H2,1-2H3,(H2,12,16)(H2,13,14,15). The third-order valence-electron chi connectivity index (χ3n) is 3.29. The van der Waals surface area contributed by atoms with E-state index in [0.717, 1.165) is 25.7 Å². The number of carbonyl (C=O) groups excluding carboxylic acids is 1. The second-order valence-electron chi connectivity index (χ2n) is 4.61. The van der Waals surface area contributed by atoms with Gasteiger partial charge in [-0.15, -0.1) is 0 Å². The van der Waals surface area contributed by atoms with E-state index >= 15 is 0 Å². The van der Waals surface area contributed by atoms with Gasteiger partial charge < -0.3 is 16.4 Å². The fourth-order valence-corrected chi connectivity index (χ4v) is 2.37. The first-order valence-electron chi connectivity index (χ1n) is 5.86. The van der Waals surface area contributed by atoms with Gasteiger partial charge in [0.15, 0.2) is 0 Å². The van der Waals surface area contributed by atoms with Gasteiger partial charge in [0.25, 0.3) is 0 Å². The Morgan fingerprint density at radius 1 is 1.50 bits per heavy atom. The van der Waals surface area contributed by atoms with Crippen LogP contribution in [0.5, 0.6) is 0 Å². The van der Waals surface area contributed by atoms with Crippen LogP contribution in [0.15, 0.2) is 0 Å². The molecule has 1 fully saturated rings. The highest BCUT2D eigenvalue weighted by molar-refractivity contribution is 7.80. The summed E-state index contributed by atoms with van der Waals surface area (Å²) in [6.07, 6.45) is 3.81. The van der Waals surface area contributed by atoms with E-state index < -0.39 is 5.54 Å². The van der Waals surface area contributed by atoms with Gasteiger partial charge in [-0.2, -0.15) is 0 Å². The number of amides is 2. The first-order valence-corrected chi connectivity index (χ1v) is 6.27. The van der Waals surface area contributed by atoms with Crippen LogP contribution in [0.4, 0.5) is 4.79 Å². The minimum Gasteiger partial charge on any atom is -0.391 e. The molecule has 16 heavy (non-hydrogen) atoms.